The first kappa shape index (κ1) is 13.2. The van der Waals surface area contributed by atoms with Crippen molar-refractivity contribution in [2.24, 2.45) is 0 Å². The second kappa shape index (κ2) is 4.94. The van der Waals surface area contributed by atoms with E-state index in [1.807, 2.05) is 56.3 Å². The van der Waals surface area contributed by atoms with E-state index >= 15 is 0 Å². The van der Waals surface area contributed by atoms with Gasteiger partial charge in [-0.05, 0) is 26.0 Å². The average molecular weight is 278 g/mol. The molecule has 1 fully saturated rings. The van der Waals surface area contributed by atoms with Crippen LogP contribution in [0.1, 0.15) is 13.8 Å². The standard InChI is InChI=1S/C15H18O3S/c1-15(2)17-11-8-9-12(13(16)14(11)18-15)19-10-6-4-3-5-7-10/h3-9,11-14,16H,1-2H3/t11-,12+,13-,14-/m1/s1. The Kier molecular flexibility index (Phi) is 3.43. The Hall–Kier alpha value is -0.810. The molecule has 0 radical (unpaired) electrons. The van der Waals surface area contributed by atoms with Gasteiger partial charge in [0.15, 0.2) is 5.79 Å². The Morgan fingerprint density at radius 3 is 2.58 bits per heavy atom. The van der Waals surface area contributed by atoms with E-state index < -0.39 is 11.9 Å². The van der Waals surface area contributed by atoms with E-state index in [9.17, 15) is 5.11 Å². The van der Waals surface area contributed by atoms with E-state index in [1.54, 1.807) is 11.8 Å². The van der Waals surface area contributed by atoms with Crippen molar-refractivity contribution in [3.05, 3.63) is 42.5 Å². The van der Waals surface area contributed by atoms with Crippen molar-refractivity contribution >= 4 is 11.8 Å². The topological polar surface area (TPSA) is 38.7 Å². The second-order valence-electron chi connectivity index (χ2n) is 5.34. The van der Waals surface area contributed by atoms with E-state index in [-0.39, 0.29) is 17.5 Å². The van der Waals surface area contributed by atoms with E-state index in [1.165, 1.54) is 0 Å². The van der Waals surface area contributed by atoms with Gasteiger partial charge in [0.1, 0.15) is 12.2 Å². The Bertz CT molecular complexity index is 472. The summed E-state index contributed by atoms with van der Waals surface area (Å²) in [4.78, 5) is 1.15. The van der Waals surface area contributed by atoms with Crippen LogP contribution in [0.5, 0.6) is 0 Å². The van der Waals surface area contributed by atoms with Gasteiger partial charge in [0, 0.05) is 4.90 Å². The van der Waals surface area contributed by atoms with Crippen molar-refractivity contribution in [1.82, 2.24) is 0 Å². The summed E-state index contributed by atoms with van der Waals surface area (Å²) in [6.07, 6.45) is 3.06. The molecule has 102 valence electrons. The first-order chi connectivity index (χ1) is 9.05. The van der Waals surface area contributed by atoms with Gasteiger partial charge in [-0.3, -0.25) is 0 Å². The average Bonchev–Trinajstić information content (AvgIpc) is 2.70. The summed E-state index contributed by atoms with van der Waals surface area (Å²) >= 11 is 1.65. The lowest BCUT2D eigenvalue weighted by atomic mass is 9.98. The molecule has 0 amide bonds. The molecule has 1 N–H and O–H groups in total. The van der Waals surface area contributed by atoms with E-state index in [2.05, 4.69) is 0 Å². The predicted octanol–water partition coefficient (Wildman–Crippen LogP) is 2.60. The lowest BCUT2D eigenvalue weighted by Crippen LogP contribution is -2.43. The zero-order valence-corrected chi connectivity index (χ0v) is 11.8. The van der Waals surface area contributed by atoms with Crippen LogP contribution in [0.15, 0.2) is 47.4 Å². The molecule has 3 rings (SSSR count). The van der Waals surface area contributed by atoms with Gasteiger partial charge in [-0.15, -0.1) is 11.8 Å². The number of ether oxygens (including phenoxy) is 2. The number of aliphatic hydroxyl groups is 1. The zero-order chi connectivity index (χ0) is 13.5. The highest BCUT2D eigenvalue weighted by atomic mass is 32.2. The molecule has 1 saturated heterocycles. The molecule has 3 nitrogen and oxygen atoms in total. The molecule has 0 spiro atoms. The van der Waals surface area contributed by atoms with Crippen LogP contribution >= 0.6 is 11.8 Å². The van der Waals surface area contributed by atoms with E-state index in [0.29, 0.717) is 0 Å². The third-order valence-electron chi connectivity index (χ3n) is 3.34. The maximum Gasteiger partial charge on any atom is 0.164 e. The molecule has 0 unspecified atom stereocenters. The van der Waals surface area contributed by atoms with Crippen LogP contribution in [0.25, 0.3) is 0 Å². The van der Waals surface area contributed by atoms with Crippen molar-refractivity contribution in [2.45, 2.75) is 48.1 Å². The SMILES string of the molecule is CC1(C)O[C@H]2[C@H](O)[C@@H](Sc3ccccc3)C=C[C@H]2O1. The van der Waals surface area contributed by atoms with E-state index in [0.717, 1.165) is 4.90 Å². The molecule has 1 aliphatic heterocycles. The minimum Gasteiger partial charge on any atom is -0.389 e. The number of aliphatic hydroxyl groups excluding tert-OH is 1. The number of benzene rings is 1. The summed E-state index contributed by atoms with van der Waals surface area (Å²) < 4.78 is 11.5. The third kappa shape index (κ3) is 2.72. The molecule has 2 aliphatic rings. The van der Waals surface area contributed by atoms with E-state index in [4.69, 9.17) is 9.47 Å². The summed E-state index contributed by atoms with van der Waals surface area (Å²) in [5, 5.41) is 10.5. The smallest absolute Gasteiger partial charge is 0.164 e. The highest BCUT2D eigenvalue weighted by molar-refractivity contribution is 8.00. The van der Waals surface area contributed by atoms with Gasteiger partial charge in [0.05, 0.1) is 11.4 Å². The summed E-state index contributed by atoms with van der Waals surface area (Å²) in [6.45, 7) is 3.76. The van der Waals surface area contributed by atoms with Crippen LogP contribution in [-0.2, 0) is 9.47 Å². The molecule has 1 aromatic carbocycles. The van der Waals surface area contributed by atoms with Crippen LogP contribution in [0.4, 0.5) is 0 Å². The molecule has 1 heterocycles. The Balaban J connectivity index is 1.74. The normalized spacial score (nSPS) is 36.2. The summed E-state index contributed by atoms with van der Waals surface area (Å²) in [5.74, 6) is -0.618. The molecule has 4 atom stereocenters. The number of rotatable bonds is 2. The molecule has 0 aromatic heterocycles. The fourth-order valence-electron chi connectivity index (χ4n) is 2.52. The summed E-state index contributed by atoms with van der Waals surface area (Å²) in [6, 6.07) is 10.1. The maximum atomic E-state index is 10.5. The molecule has 0 bridgehead atoms. The first-order valence-corrected chi connectivity index (χ1v) is 7.37. The number of hydrogen-bond donors (Lipinski definition) is 1. The predicted molar refractivity (Wildman–Crippen MR) is 75.1 cm³/mol. The summed E-state index contributed by atoms with van der Waals surface area (Å²) in [7, 11) is 0. The molecule has 0 saturated carbocycles. The number of thioether (sulfide) groups is 1. The third-order valence-corrected chi connectivity index (χ3v) is 4.60. The number of hydrogen-bond acceptors (Lipinski definition) is 4. The fraction of sp³-hybridized carbons (Fsp3) is 0.467. The first-order valence-electron chi connectivity index (χ1n) is 6.49. The van der Waals surface area contributed by atoms with Gasteiger partial charge in [-0.2, -0.15) is 0 Å². The van der Waals surface area contributed by atoms with Gasteiger partial charge < -0.3 is 14.6 Å². The largest absolute Gasteiger partial charge is 0.389 e. The van der Waals surface area contributed by atoms with Gasteiger partial charge in [-0.25, -0.2) is 0 Å². The zero-order valence-electron chi connectivity index (χ0n) is 11.0. The maximum absolute atomic E-state index is 10.5. The van der Waals surface area contributed by atoms with Crippen LogP contribution in [0.2, 0.25) is 0 Å². The number of fused-ring (bicyclic) bond motifs is 1. The van der Waals surface area contributed by atoms with Crippen molar-refractivity contribution in [1.29, 1.82) is 0 Å². The van der Waals surface area contributed by atoms with Crippen LogP contribution in [-0.4, -0.2) is 34.5 Å². The lowest BCUT2D eigenvalue weighted by molar-refractivity contribution is -0.152. The van der Waals surface area contributed by atoms with Crippen molar-refractivity contribution in [2.75, 3.05) is 0 Å². The molecular formula is C15H18O3S. The molecule has 4 heteroatoms. The monoisotopic (exact) mass is 278 g/mol. The van der Waals surface area contributed by atoms with Crippen LogP contribution < -0.4 is 0 Å². The molecule has 1 aliphatic carbocycles. The highest BCUT2D eigenvalue weighted by Crippen LogP contribution is 2.38. The Labute approximate surface area is 117 Å². The Morgan fingerprint density at radius 2 is 1.84 bits per heavy atom. The highest BCUT2D eigenvalue weighted by Gasteiger charge is 2.47. The molecule has 19 heavy (non-hydrogen) atoms. The van der Waals surface area contributed by atoms with Crippen molar-refractivity contribution in [3.63, 3.8) is 0 Å². The fourth-order valence-corrected chi connectivity index (χ4v) is 3.61. The summed E-state index contributed by atoms with van der Waals surface area (Å²) in [5.41, 5.74) is 0. The van der Waals surface area contributed by atoms with Crippen LogP contribution in [0, 0.1) is 0 Å². The molecule has 1 aromatic rings. The Morgan fingerprint density at radius 1 is 1.11 bits per heavy atom. The molecular weight excluding hydrogens is 260 g/mol. The quantitative estimate of drug-likeness (QED) is 0.844. The van der Waals surface area contributed by atoms with Crippen molar-refractivity contribution in [3.8, 4) is 0 Å². The van der Waals surface area contributed by atoms with Gasteiger partial charge in [0.25, 0.3) is 0 Å². The minimum atomic E-state index is -0.618. The van der Waals surface area contributed by atoms with Crippen molar-refractivity contribution < 1.29 is 14.6 Å². The van der Waals surface area contributed by atoms with Gasteiger partial charge in [-0.1, -0.05) is 30.4 Å². The minimum absolute atomic E-state index is 0.00106. The second-order valence-corrected chi connectivity index (χ2v) is 6.59. The van der Waals surface area contributed by atoms with Crippen LogP contribution in [0.3, 0.4) is 0 Å². The van der Waals surface area contributed by atoms with Gasteiger partial charge in [0.2, 0.25) is 0 Å². The lowest BCUT2D eigenvalue weighted by Gasteiger charge is -2.30. The van der Waals surface area contributed by atoms with Gasteiger partial charge >= 0.3 is 0 Å².